The van der Waals surface area contributed by atoms with Crippen LogP contribution >= 0.6 is 0 Å². The highest BCUT2D eigenvalue weighted by Crippen LogP contribution is 2.35. The minimum Gasteiger partial charge on any atom is -0.490 e. The minimum absolute atomic E-state index is 0.123. The zero-order valence-corrected chi connectivity index (χ0v) is 11.1. The zero-order chi connectivity index (χ0) is 14.3. The fourth-order valence-corrected chi connectivity index (χ4v) is 1.50. The van der Waals surface area contributed by atoms with Gasteiger partial charge in [-0.15, -0.1) is 0 Å². The Morgan fingerprint density at radius 3 is 2.26 bits per heavy atom. The van der Waals surface area contributed by atoms with Gasteiger partial charge in [-0.25, -0.2) is 9.59 Å². The predicted octanol–water partition coefficient (Wildman–Crippen LogP) is 2.24. The number of ether oxygens (including phenoxy) is 3. The molecule has 6 nitrogen and oxygen atoms in total. The predicted molar refractivity (Wildman–Crippen MR) is 67.9 cm³/mol. The molecule has 0 aliphatic carbocycles. The van der Waals surface area contributed by atoms with Crippen molar-refractivity contribution in [3.8, 4) is 11.5 Å². The van der Waals surface area contributed by atoms with E-state index in [-0.39, 0.29) is 11.3 Å². The number of benzene rings is 1. The highest BCUT2D eigenvalue weighted by atomic mass is 16.5. The molecule has 0 radical (unpaired) electrons. The molecule has 0 fully saturated rings. The fraction of sp³-hybridized carbons (Fsp3) is 0.385. The van der Waals surface area contributed by atoms with E-state index >= 15 is 0 Å². The molecular weight excluding hydrogens is 250 g/mol. The Balaban J connectivity index is 3.39. The van der Waals surface area contributed by atoms with Crippen molar-refractivity contribution in [3.05, 3.63) is 17.7 Å². The molecule has 0 spiro atoms. The summed E-state index contributed by atoms with van der Waals surface area (Å²) < 4.78 is 15.4. The molecule has 1 aromatic rings. The van der Waals surface area contributed by atoms with Crippen LogP contribution in [0.3, 0.4) is 0 Å². The third-order valence-electron chi connectivity index (χ3n) is 2.23. The molecule has 0 saturated carbocycles. The number of nitrogens with zero attached hydrogens (tertiary/aromatic N) is 1. The average Bonchev–Trinajstić information content (AvgIpc) is 2.41. The maximum Gasteiger partial charge on any atom is 0.340 e. The van der Waals surface area contributed by atoms with Gasteiger partial charge in [0.1, 0.15) is 0 Å². The van der Waals surface area contributed by atoms with Crippen LogP contribution in [0.15, 0.2) is 17.1 Å². The van der Waals surface area contributed by atoms with Gasteiger partial charge in [-0.1, -0.05) is 0 Å². The number of hydrogen-bond donors (Lipinski definition) is 0. The van der Waals surface area contributed by atoms with Gasteiger partial charge < -0.3 is 14.2 Å². The van der Waals surface area contributed by atoms with E-state index in [1.54, 1.807) is 0 Å². The molecule has 0 aromatic heterocycles. The van der Waals surface area contributed by atoms with Crippen molar-refractivity contribution >= 4 is 17.7 Å². The summed E-state index contributed by atoms with van der Waals surface area (Å²) in [5.41, 5.74) is 0.256. The Morgan fingerprint density at radius 2 is 1.79 bits per heavy atom. The number of methoxy groups -OCH3 is 1. The topological polar surface area (TPSA) is 74.2 Å². The molecule has 0 amide bonds. The highest BCUT2D eigenvalue weighted by molar-refractivity contribution is 5.96. The first-order chi connectivity index (χ1) is 9.17. The van der Waals surface area contributed by atoms with Gasteiger partial charge in [0, 0.05) is 12.1 Å². The molecule has 0 aliphatic heterocycles. The zero-order valence-electron chi connectivity index (χ0n) is 11.1. The average molecular weight is 265 g/mol. The van der Waals surface area contributed by atoms with E-state index in [9.17, 15) is 9.59 Å². The van der Waals surface area contributed by atoms with Crippen molar-refractivity contribution in [2.45, 2.75) is 13.8 Å². The second-order valence-electron chi connectivity index (χ2n) is 3.38. The van der Waals surface area contributed by atoms with Gasteiger partial charge >= 0.3 is 5.97 Å². The van der Waals surface area contributed by atoms with E-state index in [1.807, 2.05) is 13.8 Å². The van der Waals surface area contributed by atoms with Crippen LogP contribution in [0.1, 0.15) is 24.2 Å². The summed E-state index contributed by atoms with van der Waals surface area (Å²) in [4.78, 5) is 25.5. The molecule has 1 rings (SSSR count). The van der Waals surface area contributed by atoms with Crippen LogP contribution in [-0.4, -0.2) is 32.4 Å². The van der Waals surface area contributed by atoms with Crippen molar-refractivity contribution in [1.82, 2.24) is 0 Å². The largest absolute Gasteiger partial charge is 0.490 e. The number of esters is 1. The van der Waals surface area contributed by atoms with Gasteiger partial charge in [0.05, 0.1) is 31.6 Å². The number of carbonyl (C=O) groups is 1. The molecule has 0 bridgehead atoms. The summed E-state index contributed by atoms with van der Waals surface area (Å²) >= 11 is 0. The van der Waals surface area contributed by atoms with Crippen LogP contribution in [0.25, 0.3) is 0 Å². The van der Waals surface area contributed by atoms with Gasteiger partial charge in [-0.05, 0) is 13.8 Å². The lowest BCUT2D eigenvalue weighted by molar-refractivity contribution is 0.0601. The molecule has 102 valence electrons. The molecule has 1 aromatic carbocycles. The molecule has 0 unspecified atom stereocenters. The van der Waals surface area contributed by atoms with Crippen molar-refractivity contribution in [2.75, 3.05) is 20.3 Å². The summed E-state index contributed by atoms with van der Waals surface area (Å²) in [5, 5.41) is 0. The normalized spacial score (nSPS) is 9.42. The number of hydrogen-bond acceptors (Lipinski definition) is 6. The summed E-state index contributed by atoms with van der Waals surface area (Å²) in [5.74, 6) is 0.193. The van der Waals surface area contributed by atoms with Crippen LogP contribution in [0.5, 0.6) is 11.5 Å². The van der Waals surface area contributed by atoms with E-state index < -0.39 is 5.97 Å². The van der Waals surface area contributed by atoms with Gasteiger partial charge in [-0.2, -0.15) is 4.99 Å². The maximum absolute atomic E-state index is 11.6. The van der Waals surface area contributed by atoms with Crippen LogP contribution in [0, 0.1) is 0 Å². The SMILES string of the molecule is CCOc1cc(N=C=O)c(C(=O)OC)cc1OCC. The molecule has 6 heteroatoms. The Hall–Kier alpha value is -2.33. The Morgan fingerprint density at radius 1 is 1.21 bits per heavy atom. The lowest BCUT2D eigenvalue weighted by atomic mass is 10.1. The van der Waals surface area contributed by atoms with Crippen molar-refractivity contribution in [3.63, 3.8) is 0 Å². The van der Waals surface area contributed by atoms with E-state index in [0.29, 0.717) is 24.7 Å². The lowest BCUT2D eigenvalue weighted by Crippen LogP contribution is -2.05. The smallest absolute Gasteiger partial charge is 0.340 e. The van der Waals surface area contributed by atoms with Crippen molar-refractivity contribution in [2.24, 2.45) is 4.99 Å². The van der Waals surface area contributed by atoms with E-state index in [1.165, 1.54) is 25.3 Å². The molecule has 0 heterocycles. The second kappa shape index (κ2) is 7.18. The molecule has 0 saturated heterocycles. The molecule has 0 atom stereocenters. The number of aliphatic imine (C=N–C) groups is 1. The maximum atomic E-state index is 11.6. The third-order valence-corrected chi connectivity index (χ3v) is 2.23. The highest BCUT2D eigenvalue weighted by Gasteiger charge is 2.17. The standard InChI is InChI=1S/C13H15NO5/c1-4-18-11-6-9(13(16)17-3)10(14-8-15)7-12(11)19-5-2/h6-7H,4-5H2,1-3H3. The second-order valence-corrected chi connectivity index (χ2v) is 3.38. The monoisotopic (exact) mass is 265 g/mol. The molecule has 0 N–H and O–H groups in total. The van der Waals surface area contributed by atoms with E-state index in [0.717, 1.165) is 0 Å². The number of isocyanates is 1. The first-order valence-electron chi connectivity index (χ1n) is 5.77. The van der Waals surface area contributed by atoms with Crippen molar-refractivity contribution in [1.29, 1.82) is 0 Å². The third kappa shape index (κ3) is 3.56. The van der Waals surface area contributed by atoms with Gasteiger partial charge in [0.25, 0.3) is 0 Å². The molecular formula is C13H15NO5. The quantitative estimate of drug-likeness (QED) is 0.448. The van der Waals surface area contributed by atoms with E-state index in [4.69, 9.17) is 9.47 Å². The summed E-state index contributed by atoms with van der Waals surface area (Å²) in [6.45, 7) is 4.45. The van der Waals surface area contributed by atoms with Gasteiger partial charge in [0.2, 0.25) is 6.08 Å². The Labute approximate surface area is 111 Å². The van der Waals surface area contributed by atoms with Gasteiger partial charge in [0.15, 0.2) is 11.5 Å². The van der Waals surface area contributed by atoms with Crippen molar-refractivity contribution < 1.29 is 23.8 Å². The molecule has 19 heavy (non-hydrogen) atoms. The van der Waals surface area contributed by atoms with Gasteiger partial charge in [-0.3, -0.25) is 0 Å². The van der Waals surface area contributed by atoms with Crippen LogP contribution in [-0.2, 0) is 9.53 Å². The summed E-state index contributed by atoms with van der Waals surface area (Å²) in [6, 6.07) is 2.89. The molecule has 0 aliphatic rings. The summed E-state index contributed by atoms with van der Waals surface area (Å²) in [7, 11) is 1.24. The first-order valence-corrected chi connectivity index (χ1v) is 5.77. The lowest BCUT2D eigenvalue weighted by Gasteiger charge is -2.13. The fourth-order valence-electron chi connectivity index (χ4n) is 1.50. The first kappa shape index (κ1) is 14.7. The minimum atomic E-state index is -0.613. The Bertz CT molecular complexity index is 506. The number of rotatable bonds is 6. The van der Waals surface area contributed by atoms with Crippen LogP contribution < -0.4 is 9.47 Å². The number of carbonyl (C=O) groups excluding carboxylic acids is 2. The van der Waals surface area contributed by atoms with E-state index in [2.05, 4.69) is 9.73 Å². The van der Waals surface area contributed by atoms with Crippen LogP contribution in [0.4, 0.5) is 5.69 Å². The summed E-state index contributed by atoms with van der Waals surface area (Å²) in [6.07, 6.45) is 1.39. The van der Waals surface area contributed by atoms with Crippen LogP contribution in [0.2, 0.25) is 0 Å². The Kier molecular flexibility index (Phi) is 5.57.